The van der Waals surface area contributed by atoms with E-state index in [1.165, 1.54) is 18.4 Å². The van der Waals surface area contributed by atoms with Crippen LogP contribution in [0.15, 0.2) is 53.4 Å². The normalized spacial score (nSPS) is 11.9. The molecule has 2 heterocycles. The van der Waals surface area contributed by atoms with Gasteiger partial charge in [0.25, 0.3) is 0 Å². The average Bonchev–Trinajstić information content (AvgIpc) is 3.35. The molecule has 0 radical (unpaired) electrons. The number of carbonyl (C=O) groups excluding carboxylic acids is 1. The summed E-state index contributed by atoms with van der Waals surface area (Å²) in [5.41, 5.74) is 4.56. The number of hydrogen-bond donors (Lipinski definition) is 0. The number of aromatic nitrogens is 4. The fourth-order valence-electron chi connectivity index (χ4n) is 3.96. The van der Waals surface area contributed by atoms with Gasteiger partial charge in [-0.2, -0.15) is 5.10 Å². The van der Waals surface area contributed by atoms with Crippen LogP contribution in [-0.2, 0) is 27.9 Å². The quantitative estimate of drug-likeness (QED) is 0.344. The van der Waals surface area contributed by atoms with Crippen molar-refractivity contribution in [1.29, 1.82) is 0 Å². The van der Waals surface area contributed by atoms with Crippen molar-refractivity contribution in [2.45, 2.75) is 45.2 Å². The molecule has 184 valence electrons. The second kappa shape index (κ2) is 9.63. The van der Waals surface area contributed by atoms with Crippen molar-refractivity contribution in [2.24, 2.45) is 0 Å². The summed E-state index contributed by atoms with van der Waals surface area (Å²) < 4.78 is 35.5. The van der Waals surface area contributed by atoms with E-state index in [0.29, 0.717) is 23.4 Å². The summed E-state index contributed by atoms with van der Waals surface area (Å²) in [6, 6.07) is 13.9. The third-order valence-corrected chi connectivity index (χ3v) is 7.53. The third kappa shape index (κ3) is 4.85. The number of carbonyl (C=O) groups is 1. The first-order valence-electron chi connectivity index (χ1n) is 11.3. The van der Waals surface area contributed by atoms with E-state index in [1.54, 1.807) is 30.3 Å². The highest BCUT2D eigenvalue weighted by molar-refractivity contribution is 7.89. The lowest BCUT2D eigenvalue weighted by Gasteiger charge is -2.11. The summed E-state index contributed by atoms with van der Waals surface area (Å²) in [7, 11) is -0.599. The summed E-state index contributed by atoms with van der Waals surface area (Å²) in [5.74, 6) is 0.102. The first-order chi connectivity index (χ1) is 16.6. The number of esters is 1. The van der Waals surface area contributed by atoms with Crippen LogP contribution in [0.1, 0.15) is 40.9 Å². The van der Waals surface area contributed by atoms with Crippen LogP contribution in [0.25, 0.3) is 16.7 Å². The lowest BCUT2D eigenvalue weighted by atomic mass is 10.2. The number of rotatable bonds is 8. The van der Waals surface area contributed by atoms with Gasteiger partial charge in [0.2, 0.25) is 10.0 Å². The molecule has 0 atom stereocenters. The minimum absolute atomic E-state index is 0.0253. The van der Waals surface area contributed by atoms with Gasteiger partial charge in [-0.15, -0.1) is 0 Å². The Morgan fingerprint density at radius 1 is 1.06 bits per heavy atom. The largest absolute Gasteiger partial charge is 0.454 e. The summed E-state index contributed by atoms with van der Waals surface area (Å²) in [4.78, 5) is 17.5. The van der Waals surface area contributed by atoms with E-state index in [1.807, 2.05) is 48.2 Å². The van der Waals surface area contributed by atoms with E-state index in [9.17, 15) is 13.2 Å². The smallest absolute Gasteiger partial charge is 0.338 e. The Labute approximate surface area is 205 Å². The Kier molecular flexibility index (Phi) is 6.77. The zero-order valence-corrected chi connectivity index (χ0v) is 21.3. The second-order valence-corrected chi connectivity index (χ2v) is 10.7. The van der Waals surface area contributed by atoms with Gasteiger partial charge in [-0.1, -0.05) is 6.92 Å². The first kappa shape index (κ1) is 24.6. The number of imidazole rings is 1. The number of benzene rings is 2. The monoisotopic (exact) mass is 495 g/mol. The van der Waals surface area contributed by atoms with Crippen LogP contribution in [0, 0.1) is 13.8 Å². The van der Waals surface area contributed by atoms with Gasteiger partial charge in [0, 0.05) is 26.3 Å². The van der Waals surface area contributed by atoms with Crippen molar-refractivity contribution in [3.05, 3.63) is 71.3 Å². The predicted molar refractivity (Wildman–Crippen MR) is 133 cm³/mol. The second-order valence-electron chi connectivity index (χ2n) is 8.58. The van der Waals surface area contributed by atoms with Crippen molar-refractivity contribution in [1.82, 2.24) is 23.6 Å². The average molecular weight is 496 g/mol. The van der Waals surface area contributed by atoms with Crippen molar-refractivity contribution in [3.63, 3.8) is 0 Å². The SMILES string of the molecule is CCCn1c(COC(=O)c2ccc(-n3nc(C)cc3C)cc2)nc2cc(S(=O)(=O)N(C)C)ccc21. The molecule has 35 heavy (non-hydrogen) atoms. The van der Waals surface area contributed by atoms with Crippen LogP contribution in [0.3, 0.4) is 0 Å². The van der Waals surface area contributed by atoms with E-state index in [2.05, 4.69) is 10.1 Å². The standard InChI is InChI=1S/C25H29N5O4S/c1-6-13-29-23-12-11-21(35(32,33)28(4)5)15-22(23)26-24(29)16-34-25(31)19-7-9-20(10-8-19)30-18(3)14-17(2)27-30/h7-12,14-15H,6,13,16H2,1-5H3. The van der Waals surface area contributed by atoms with E-state index >= 15 is 0 Å². The van der Waals surface area contributed by atoms with Gasteiger partial charge >= 0.3 is 5.97 Å². The number of hydrogen-bond acceptors (Lipinski definition) is 6. The molecular weight excluding hydrogens is 466 g/mol. The van der Waals surface area contributed by atoms with Gasteiger partial charge < -0.3 is 9.30 Å². The summed E-state index contributed by atoms with van der Waals surface area (Å²) in [6.45, 7) is 6.59. The van der Waals surface area contributed by atoms with E-state index in [4.69, 9.17) is 4.74 Å². The molecule has 0 saturated heterocycles. The zero-order valence-electron chi connectivity index (χ0n) is 20.5. The minimum Gasteiger partial charge on any atom is -0.454 e. The van der Waals surface area contributed by atoms with Gasteiger partial charge in [0.15, 0.2) is 0 Å². The molecule has 2 aromatic heterocycles. The number of nitrogens with zero attached hydrogens (tertiary/aromatic N) is 5. The molecule has 0 aliphatic carbocycles. The highest BCUT2D eigenvalue weighted by atomic mass is 32.2. The van der Waals surface area contributed by atoms with Crippen LogP contribution in [0.4, 0.5) is 0 Å². The number of sulfonamides is 1. The Bertz CT molecular complexity index is 1480. The van der Waals surface area contributed by atoms with Gasteiger partial charge in [0.1, 0.15) is 12.4 Å². The maximum Gasteiger partial charge on any atom is 0.338 e. The minimum atomic E-state index is -3.58. The molecule has 0 fully saturated rings. The van der Waals surface area contributed by atoms with Gasteiger partial charge in [-0.05, 0) is 68.8 Å². The summed E-state index contributed by atoms with van der Waals surface area (Å²) >= 11 is 0. The van der Waals surface area contributed by atoms with Crippen molar-refractivity contribution in [3.8, 4) is 5.69 Å². The lowest BCUT2D eigenvalue weighted by molar-refractivity contribution is 0.0458. The molecule has 9 nitrogen and oxygen atoms in total. The Morgan fingerprint density at radius 3 is 2.37 bits per heavy atom. The lowest BCUT2D eigenvalue weighted by Crippen LogP contribution is -2.22. The Balaban J connectivity index is 1.55. The predicted octanol–water partition coefficient (Wildman–Crippen LogP) is 3.86. The number of aryl methyl sites for hydroxylation is 3. The van der Waals surface area contributed by atoms with Gasteiger partial charge in [0.05, 0.1) is 32.9 Å². The van der Waals surface area contributed by atoms with Crippen molar-refractivity contribution >= 4 is 27.0 Å². The fraction of sp³-hybridized carbons (Fsp3) is 0.320. The van der Waals surface area contributed by atoms with E-state index in [-0.39, 0.29) is 11.5 Å². The number of fused-ring (bicyclic) bond motifs is 1. The van der Waals surface area contributed by atoms with Crippen LogP contribution in [0.5, 0.6) is 0 Å². The van der Waals surface area contributed by atoms with Crippen molar-refractivity contribution < 1.29 is 17.9 Å². The number of ether oxygens (including phenoxy) is 1. The molecule has 2 aromatic carbocycles. The molecule has 0 bridgehead atoms. The maximum absolute atomic E-state index is 12.7. The summed E-state index contributed by atoms with van der Waals surface area (Å²) in [5, 5.41) is 4.46. The molecule has 4 rings (SSSR count). The summed E-state index contributed by atoms with van der Waals surface area (Å²) in [6.07, 6.45) is 0.845. The third-order valence-electron chi connectivity index (χ3n) is 5.71. The molecule has 10 heteroatoms. The van der Waals surface area contributed by atoms with Gasteiger partial charge in [-0.25, -0.2) is 27.2 Å². The Hall–Kier alpha value is -3.50. The van der Waals surface area contributed by atoms with Gasteiger partial charge in [-0.3, -0.25) is 0 Å². The first-order valence-corrected chi connectivity index (χ1v) is 12.8. The molecule has 4 aromatic rings. The molecule has 0 spiro atoms. The highest BCUT2D eigenvalue weighted by Gasteiger charge is 2.20. The van der Waals surface area contributed by atoms with Crippen LogP contribution >= 0.6 is 0 Å². The van der Waals surface area contributed by atoms with Crippen LogP contribution in [-0.4, -0.2) is 52.1 Å². The zero-order chi connectivity index (χ0) is 25.3. The molecule has 0 amide bonds. The van der Waals surface area contributed by atoms with Crippen LogP contribution in [0.2, 0.25) is 0 Å². The molecule has 0 saturated carbocycles. The molecule has 0 N–H and O–H groups in total. The maximum atomic E-state index is 12.7. The molecule has 0 unspecified atom stereocenters. The fourth-order valence-corrected chi connectivity index (χ4v) is 4.88. The topological polar surface area (TPSA) is 99.3 Å². The molecular formula is C25H29N5O4S. The van der Waals surface area contributed by atoms with Crippen molar-refractivity contribution in [2.75, 3.05) is 14.1 Å². The van der Waals surface area contributed by atoms with E-state index < -0.39 is 16.0 Å². The molecule has 0 aliphatic rings. The van der Waals surface area contributed by atoms with E-state index in [0.717, 1.165) is 29.0 Å². The molecule has 0 aliphatic heterocycles. The van der Waals surface area contributed by atoms with Crippen LogP contribution < -0.4 is 0 Å². The Morgan fingerprint density at radius 2 is 1.77 bits per heavy atom. The highest BCUT2D eigenvalue weighted by Crippen LogP contribution is 2.23.